The molecule has 0 amide bonds. The normalized spacial score (nSPS) is 19.1. The number of ketones is 1. The van der Waals surface area contributed by atoms with Crippen molar-refractivity contribution in [2.75, 3.05) is 13.1 Å². The molecule has 1 saturated heterocycles. The highest BCUT2D eigenvalue weighted by molar-refractivity contribution is 6.24. The zero-order chi connectivity index (χ0) is 23.0. The molecule has 1 aliphatic carbocycles. The van der Waals surface area contributed by atoms with Gasteiger partial charge in [-0.05, 0) is 54.0 Å². The molecule has 2 aromatic rings. The number of guanidine groups is 1. The number of likely N-dealkylation sites (tertiary alicyclic amines) is 1. The molecule has 0 radical (unpaired) electrons. The Balaban J connectivity index is 1.78. The van der Waals surface area contributed by atoms with Gasteiger partial charge in [0.15, 0.2) is 11.7 Å². The molecular formula is C24H17F2N5O. The van der Waals surface area contributed by atoms with Gasteiger partial charge in [-0.25, -0.2) is 8.78 Å². The average molecular weight is 429 g/mol. The fourth-order valence-corrected chi connectivity index (χ4v) is 4.28. The van der Waals surface area contributed by atoms with E-state index in [1.54, 1.807) is 41.3 Å². The maximum atomic E-state index is 14.1. The van der Waals surface area contributed by atoms with Crippen LogP contribution in [0.5, 0.6) is 0 Å². The van der Waals surface area contributed by atoms with Crippen LogP contribution in [0.15, 0.2) is 47.5 Å². The Morgan fingerprint density at radius 3 is 1.91 bits per heavy atom. The summed E-state index contributed by atoms with van der Waals surface area (Å²) in [6.07, 6.45) is 3.69. The Labute approximate surface area is 183 Å². The molecule has 1 heterocycles. The van der Waals surface area contributed by atoms with E-state index in [2.05, 4.69) is 0 Å². The number of halogens is 2. The molecule has 0 atom stereocenters. The number of Topliss-reactive ketones (excluding diaryl/α,β-unsaturated/α-hetero) is 1. The van der Waals surface area contributed by atoms with Gasteiger partial charge in [-0.2, -0.15) is 10.5 Å². The lowest BCUT2D eigenvalue weighted by molar-refractivity contribution is -0.117. The van der Waals surface area contributed by atoms with Gasteiger partial charge in [0.25, 0.3) is 0 Å². The Morgan fingerprint density at radius 1 is 1.03 bits per heavy atom. The lowest BCUT2D eigenvalue weighted by Gasteiger charge is -2.43. The molecular weight excluding hydrogens is 412 g/mol. The fraction of sp³-hybridized carbons (Fsp3) is 0.167. The Kier molecular flexibility index (Phi) is 5.07. The molecule has 158 valence electrons. The molecule has 32 heavy (non-hydrogen) atoms. The fourth-order valence-electron chi connectivity index (χ4n) is 4.28. The Hall–Kier alpha value is -4.30. The first-order chi connectivity index (χ1) is 15.3. The molecule has 1 saturated carbocycles. The Morgan fingerprint density at radius 2 is 1.53 bits per heavy atom. The quantitative estimate of drug-likeness (QED) is 0.431. The SMILES string of the molecule is N#Cc1ccc(/C=C2/C(=O)/C(=C/c3ccc(C#N)c(F)c3)C23CCN(C(=N)N)C3)cc1F. The van der Waals surface area contributed by atoms with Crippen LogP contribution in [-0.2, 0) is 4.79 Å². The van der Waals surface area contributed by atoms with E-state index in [-0.39, 0.29) is 22.9 Å². The molecule has 1 aliphatic heterocycles. The van der Waals surface area contributed by atoms with E-state index in [4.69, 9.17) is 21.7 Å². The van der Waals surface area contributed by atoms with Gasteiger partial charge in [0.2, 0.25) is 0 Å². The molecule has 0 unspecified atom stereocenters. The van der Waals surface area contributed by atoms with Crippen LogP contribution in [0.1, 0.15) is 28.7 Å². The van der Waals surface area contributed by atoms with Crippen LogP contribution in [0.2, 0.25) is 0 Å². The first-order valence-electron chi connectivity index (χ1n) is 9.76. The van der Waals surface area contributed by atoms with Crippen molar-refractivity contribution in [3.8, 4) is 12.1 Å². The second kappa shape index (κ2) is 7.75. The van der Waals surface area contributed by atoms with Crippen LogP contribution in [0, 0.1) is 45.1 Å². The third-order valence-corrected chi connectivity index (χ3v) is 5.98. The highest BCUT2D eigenvalue weighted by Crippen LogP contribution is 2.55. The lowest BCUT2D eigenvalue weighted by Crippen LogP contribution is -2.47. The van der Waals surface area contributed by atoms with Crippen molar-refractivity contribution in [3.63, 3.8) is 0 Å². The van der Waals surface area contributed by atoms with Crippen molar-refractivity contribution in [2.45, 2.75) is 6.42 Å². The maximum Gasteiger partial charge on any atom is 0.188 e. The molecule has 2 aromatic carbocycles. The number of carbonyl (C=O) groups excluding carboxylic acids is 1. The number of rotatable bonds is 2. The molecule has 0 aromatic heterocycles. The van der Waals surface area contributed by atoms with Crippen molar-refractivity contribution < 1.29 is 13.6 Å². The first-order valence-corrected chi connectivity index (χ1v) is 9.76. The number of nitrogens with zero attached hydrogens (tertiary/aromatic N) is 3. The highest BCUT2D eigenvalue weighted by Gasteiger charge is 2.57. The summed E-state index contributed by atoms with van der Waals surface area (Å²) in [5.74, 6) is -1.73. The molecule has 1 spiro atoms. The number of nitriles is 2. The molecule has 2 fully saturated rings. The summed E-state index contributed by atoms with van der Waals surface area (Å²) >= 11 is 0. The minimum atomic E-state index is -0.739. The number of nitrogens with one attached hydrogen (secondary N) is 1. The molecule has 0 bridgehead atoms. The minimum absolute atomic E-state index is 0.0890. The van der Waals surface area contributed by atoms with Crippen molar-refractivity contribution in [1.82, 2.24) is 4.90 Å². The minimum Gasteiger partial charge on any atom is -0.370 e. The zero-order valence-corrected chi connectivity index (χ0v) is 16.8. The van der Waals surface area contributed by atoms with Crippen LogP contribution < -0.4 is 5.73 Å². The van der Waals surface area contributed by atoms with Gasteiger partial charge < -0.3 is 10.6 Å². The van der Waals surface area contributed by atoms with Gasteiger partial charge >= 0.3 is 0 Å². The summed E-state index contributed by atoms with van der Waals surface area (Å²) < 4.78 is 28.1. The van der Waals surface area contributed by atoms with Crippen molar-refractivity contribution in [3.05, 3.63) is 81.4 Å². The highest BCUT2D eigenvalue weighted by atomic mass is 19.1. The predicted molar refractivity (Wildman–Crippen MR) is 114 cm³/mol. The standard InChI is InChI=1S/C24H17F2N5O/c25-20-9-14(1-3-16(20)11-27)7-18-22(32)19(24(18)5-6-31(13-24)23(29)30)8-15-2-4-17(12-28)21(26)10-15/h1-4,7-10H,5-6,13H2,(H3,29,30)/b18-7-,19-8-. The summed E-state index contributed by atoms with van der Waals surface area (Å²) in [4.78, 5) is 14.7. The van der Waals surface area contributed by atoms with Crippen LogP contribution in [-0.4, -0.2) is 29.7 Å². The first kappa shape index (κ1) is 21.0. The summed E-state index contributed by atoms with van der Waals surface area (Å²) in [6, 6.07) is 11.7. The number of carbonyl (C=O) groups is 1. The van der Waals surface area contributed by atoms with Gasteiger partial charge in [-0.15, -0.1) is 0 Å². The number of nitrogens with two attached hydrogens (primary N) is 1. The van der Waals surface area contributed by atoms with Gasteiger partial charge in [-0.1, -0.05) is 12.1 Å². The van der Waals surface area contributed by atoms with Crippen molar-refractivity contribution >= 4 is 23.9 Å². The largest absolute Gasteiger partial charge is 0.370 e. The van der Waals surface area contributed by atoms with E-state index in [0.717, 1.165) is 0 Å². The van der Waals surface area contributed by atoms with E-state index in [1.807, 2.05) is 0 Å². The van der Waals surface area contributed by atoms with E-state index in [0.29, 0.717) is 41.8 Å². The Bertz CT molecular complexity index is 1230. The van der Waals surface area contributed by atoms with Gasteiger partial charge in [0, 0.05) is 29.7 Å². The summed E-state index contributed by atoms with van der Waals surface area (Å²) in [5, 5.41) is 25.6. The molecule has 3 N–H and O–H groups in total. The van der Waals surface area contributed by atoms with Gasteiger partial charge in [0.05, 0.1) is 11.1 Å². The second-order valence-electron chi connectivity index (χ2n) is 7.79. The van der Waals surface area contributed by atoms with Gasteiger partial charge in [0.1, 0.15) is 23.8 Å². The van der Waals surface area contributed by atoms with E-state index in [1.165, 1.54) is 24.3 Å². The van der Waals surface area contributed by atoms with Crippen molar-refractivity contribution in [1.29, 1.82) is 15.9 Å². The summed E-state index contributed by atoms with van der Waals surface area (Å²) in [7, 11) is 0. The second-order valence-corrected chi connectivity index (χ2v) is 7.79. The lowest BCUT2D eigenvalue weighted by atomic mass is 9.58. The maximum absolute atomic E-state index is 14.1. The predicted octanol–water partition coefficient (Wildman–Crippen LogP) is 3.34. The molecule has 6 nitrogen and oxygen atoms in total. The smallest absolute Gasteiger partial charge is 0.188 e. The van der Waals surface area contributed by atoms with Gasteiger partial charge in [-0.3, -0.25) is 10.2 Å². The number of hydrogen-bond acceptors (Lipinski definition) is 4. The van der Waals surface area contributed by atoms with Crippen LogP contribution in [0.25, 0.3) is 12.2 Å². The van der Waals surface area contributed by atoms with E-state index >= 15 is 0 Å². The molecule has 4 rings (SSSR count). The number of hydrogen-bond donors (Lipinski definition) is 2. The van der Waals surface area contributed by atoms with Crippen LogP contribution in [0.3, 0.4) is 0 Å². The third-order valence-electron chi connectivity index (χ3n) is 5.98. The van der Waals surface area contributed by atoms with E-state index in [9.17, 15) is 13.6 Å². The average Bonchev–Trinajstić information content (AvgIpc) is 3.24. The monoisotopic (exact) mass is 429 g/mol. The van der Waals surface area contributed by atoms with Crippen LogP contribution >= 0.6 is 0 Å². The van der Waals surface area contributed by atoms with Crippen LogP contribution in [0.4, 0.5) is 8.78 Å². The van der Waals surface area contributed by atoms with E-state index < -0.39 is 17.0 Å². The summed E-state index contributed by atoms with van der Waals surface area (Å²) in [6.45, 7) is 0.754. The summed E-state index contributed by atoms with van der Waals surface area (Å²) in [5.41, 5.74) is 6.52. The topological polar surface area (TPSA) is 118 Å². The molecule has 2 aliphatic rings. The van der Waals surface area contributed by atoms with Crippen molar-refractivity contribution in [2.24, 2.45) is 11.1 Å². The zero-order valence-electron chi connectivity index (χ0n) is 16.8. The third kappa shape index (κ3) is 3.32. The molecule has 8 heteroatoms. The number of benzene rings is 2.